The summed E-state index contributed by atoms with van der Waals surface area (Å²) in [6, 6.07) is 15.8. The molecule has 1 aliphatic carbocycles. The van der Waals surface area contributed by atoms with Crippen LogP contribution in [0.3, 0.4) is 0 Å². The molecule has 2 aromatic carbocycles. The summed E-state index contributed by atoms with van der Waals surface area (Å²) in [6.45, 7) is 6.77. The van der Waals surface area contributed by atoms with Gasteiger partial charge in [-0.05, 0) is 55.9 Å². The van der Waals surface area contributed by atoms with Crippen molar-refractivity contribution in [1.82, 2.24) is 5.32 Å². The molecule has 3 rings (SSSR count). The number of hydrogen-bond donors (Lipinski definition) is 2. The standard InChI is InChI=1S/C32H43NO10S/c1-32(2,3)43-29(34)13-8-16-40-18-19-41-17-15-33-31(36)23(14-20-44(37,38)39)21-30(35)42-22-28-26-11-6-4-9-24(26)25-10-5-7-12-27(25)28/h4-7,9-12,23,28H,8,13-22H2,1-3H3,(H,33,36)(H,37,38,39)/t23-/m1/s1. The number of hydrogen-bond acceptors (Lipinski definition) is 9. The molecule has 0 spiro atoms. The second-order valence-electron chi connectivity index (χ2n) is 11.6. The number of nitrogens with one attached hydrogen (secondary N) is 1. The smallest absolute Gasteiger partial charge is 0.306 e. The number of benzene rings is 2. The Labute approximate surface area is 259 Å². The number of carbonyl (C=O) groups excluding carboxylic acids is 3. The average Bonchev–Trinajstić information content (AvgIpc) is 3.27. The molecule has 0 saturated heterocycles. The zero-order valence-corrected chi connectivity index (χ0v) is 26.4. The van der Waals surface area contributed by atoms with Crippen molar-refractivity contribution in [1.29, 1.82) is 0 Å². The first-order valence-corrected chi connectivity index (χ1v) is 16.4. The van der Waals surface area contributed by atoms with E-state index in [2.05, 4.69) is 5.32 Å². The Kier molecular flexibility index (Phi) is 13.3. The van der Waals surface area contributed by atoms with E-state index < -0.39 is 39.3 Å². The van der Waals surface area contributed by atoms with E-state index in [9.17, 15) is 27.4 Å². The van der Waals surface area contributed by atoms with E-state index >= 15 is 0 Å². The molecule has 44 heavy (non-hydrogen) atoms. The monoisotopic (exact) mass is 633 g/mol. The van der Waals surface area contributed by atoms with E-state index in [1.807, 2.05) is 69.3 Å². The summed E-state index contributed by atoms with van der Waals surface area (Å²) in [5, 5.41) is 2.65. The topological polar surface area (TPSA) is 155 Å². The Morgan fingerprint density at radius 1 is 0.886 bits per heavy atom. The van der Waals surface area contributed by atoms with Crippen LogP contribution in [0.2, 0.25) is 0 Å². The van der Waals surface area contributed by atoms with Gasteiger partial charge in [-0.25, -0.2) is 0 Å². The summed E-state index contributed by atoms with van der Waals surface area (Å²) < 4.78 is 53.6. The van der Waals surface area contributed by atoms with Crippen LogP contribution in [0.1, 0.15) is 63.5 Å². The number of ether oxygens (including phenoxy) is 4. The zero-order valence-electron chi connectivity index (χ0n) is 25.6. The molecule has 0 fully saturated rings. The highest BCUT2D eigenvalue weighted by Gasteiger charge is 2.30. The highest BCUT2D eigenvalue weighted by Crippen LogP contribution is 2.44. The maximum absolute atomic E-state index is 12.8. The molecular formula is C32H43NO10S. The molecule has 1 atom stereocenters. The van der Waals surface area contributed by atoms with Crippen LogP contribution in [0.5, 0.6) is 0 Å². The van der Waals surface area contributed by atoms with Crippen LogP contribution in [-0.4, -0.2) is 81.7 Å². The second kappa shape index (κ2) is 16.7. The van der Waals surface area contributed by atoms with Crippen molar-refractivity contribution >= 4 is 28.0 Å². The van der Waals surface area contributed by atoms with E-state index in [1.165, 1.54) is 0 Å². The van der Waals surface area contributed by atoms with Gasteiger partial charge in [0.2, 0.25) is 5.91 Å². The number of rotatable bonds is 18. The van der Waals surface area contributed by atoms with Gasteiger partial charge in [0.15, 0.2) is 0 Å². The largest absolute Gasteiger partial charge is 0.465 e. The summed E-state index contributed by atoms with van der Waals surface area (Å²) in [5.74, 6) is -3.28. The van der Waals surface area contributed by atoms with E-state index in [1.54, 1.807) is 0 Å². The van der Waals surface area contributed by atoms with Gasteiger partial charge in [-0.1, -0.05) is 48.5 Å². The first kappa shape index (κ1) is 35.2. The van der Waals surface area contributed by atoms with Gasteiger partial charge < -0.3 is 24.3 Å². The quantitative estimate of drug-likeness (QED) is 0.140. The van der Waals surface area contributed by atoms with Crippen LogP contribution < -0.4 is 5.32 Å². The van der Waals surface area contributed by atoms with E-state index in [0.717, 1.165) is 22.3 Å². The van der Waals surface area contributed by atoms with E-state index in [4.69, 9.17) is 18.9 Å². The van der Waals surface area contributed by atoms with Crippen molar-refractivity contribution in [2.24, 2.45) is 5.92 Å². The third-order valence-corrected chi connectivity index (χ3v) is 7.64. The molecular weight excluding hydrogens is 590 g/mol. The summed E-state index contributed by atoms with van der Waals surface area (Å²) in [6.07, 6.45) is 0.209. The molecule has 0 aromatic heterocycles. The second-order valence-corrected chi connectivity index (χ2v) is 13.2. The highest BCUT2D eigenvalue weighted by atomic mass is 32.2. The number of carbonyl (C=O) groups is 3. The van der Waals surface area contributed by atoms with Crippen molar-refractivity contribution < 1.29 is 46.3 Å². The predicted octanol–water partition coefficient (Wildman–Crippen LogP) is 3.90. The molecule has 11 nitrogen and oxygen atoms in total. The van der Waals surface area contributed by atoms with E-state index in [0.29, 0.717) is 19.6 Å². The Balaban J connectivity index is 1.39. The van der Waals surface area contributed by atoms with E-state index in [-0.39, 0.29) is 57.5 Å². The fourth-order valence-electron chi connectivity index (χ4n) is 4.92. The van der Waals surface area contributed by atoms with Gasteiger partial charge in [0.25, 0.3) is 10.1 Å². The molecule has 0 bridgehead atoms. The summed E-state index contributed by atoms with van der Waals surface area (Å²) in [5.41, 5.74) is 3.75. The Bertz CT molecular complexity index is 1320. The molecule has 242 valence electrons. The van der Waals surface area contributed by atoms with Crippen LogP contribution in [-0.2, 0) is 43.4 Å². The third-order valence-electron chi connectivity index (χ3n) is 6.89. The Hall–Kier alpha value is -3.32. The molecule has 2 N–H and O–H groups in total. The lowest BCUT2D eigenvalue weighted by Gasteiger charge is -2.19. The Morgan fingerprint density at radius 3 is 2.07 bits per heavy atom. The summed E-state index contributed by atoms with van der Waals surface area (Å²) in [7, 11) is -4.33. The molecule has 0 heterocycles. The predicted molar refractivity (Wildman–Crippen MR) is 164 cm³/mol. The molecule has 2 aromatic rings. The minimum Gasteiger partial charge on any atom is -0.465 e. The van der Waals surface area contributed by atoms with Gasteiger partial charge in [0, 0.05) is 31.4 Å². The SMILES string of the molecule is CC(C)(C)OC(=O)CCCOCCOCCNC(=O)[C@H](CCS(=O)(=O)O)CC(=O)OCC1c2ccccc2-c2ccccc21. The van der Waals surface area contributed by atoms with Crippen LogP contribution in [0.25, 0.3) is 11.1 Å². The van der Waals surface area contributed by atoms with Crippen molar-refractivity contribution in [2.45, 2.75) is 58.0 Å². The van der Waals surface area contributed by atoms with Gasteiger partial charge in [0.05, 0.1) is 32.0 Å². The van der Waals surface area contributed by atoms with Crippen LogP contribution >= 0.6 is 0 Å². The van der Waals surface area contributed by atoms with Crippen LogP contribution in [0.4, 0.5) is 0 Å². The fourth-order valence-corrected chi connectivity index (χ4v) is 5.50. The lowest BCUT2D eigenvalue weighted by Crippen LogP contribution is -2.35. The average molecular weight is 634 g/mol. The molecule has 1 amide bonds. The number of fused-ring (bicyclic) bond motifs is 3. The van der Waals surface area contributed by atoms with Gasteiger partial charge in [-0.3, -0.25) is 18.9 Å². The maximum atomic E-state index is 12.8. The Morgan fingerprint density at radius 2 is 1.48 bits per heavy atom. The molecule has 0 unspecified atom stereocenters. The zero-order chi connectivity index (χ0) is 32.2. The maximum Gasteiger partial charge on any atom is 0.306 e. The fraction of sp³-hybridized carbons (Fsp3) is 0.531. The van der Waals surface area contributed by atoms with Crippen molar-refractivity contribution in [3.63, 3.8) is 0 Å². The molecule has 0 saturated carbocycles. The summed E-state index contributed by atoms with van der Waals surface area (Å²) >= 11 is 0. The normalized spacial score (nSPS) is 13.5. The van der Waals surface area contributed by atoms with Crippen LogP contribution in [0, 0.1) is 5.92 Å². The van der Waals surface area contributed by atoms with Crippen molar-refractivity contribution in [3.05, 3.63) is 59.7 Å². The highest BCUT2D eigenvalue weighted by molar-refractivity contribution is 7.85. The summed E-state index contributed by atoms with van der Waals surface area (Å²) in [4.78, 5) is 37.3. The van der Waals surface area contributed by atoms with Crippen molar-refractivity contribution in [3.8, 4) is 11.1 Å². The lowest BCUT2D eigenvalue weighted by molar-refractivity contribution is -0.155. The lowest BCUT2D eigenvalue weighted by atomic mass is 9.98. The minimum absolute atomic E-state index is 0.0798. The van der Waals surface area contributed by atoms with Gasteiger partial charge in [0.1, 0.15) is 12.2 Å². The van der Waals surface area contributed by atoms with Gasteiger partial charge in [-0.15, -0.1) is 0 Å². The van der Waals surface area contributed by atoms with Crippen LogP contribution in [0.15, 0.2) is 48.5 Å². The molecule has 1 aliphatic rings. The number of amides is 1. The molecule has 12 heteroatoms. The molecule has 0 aliphatic heterocycles. The minimum atomic E-state index is -4.33. The third kappa shape index (κ3) is 12.0. The van der Waals surface area contributed by atoms with Gasteiger partial charge in [-0.2, -0.15) is 8.42 Å². The number of esters is 2. The first-order chi connectivity index (χ1) is 20.8. The first-order valence-electron chi connectivity index (χ1n) is 14.8. The molecule has 0 radical (unpaired) electrons. The van der Waals surface area contributed by atoms with Gasteiger partial charge >= 0.3 is 11.9 Å². The van der Waals surface area contributed by atoms with Crippen molar-refractivity contribution in [2.75, 3.05) is 45.3 Å².